The molecule has 0 atom stereocenters. The second kappa shape index (κ2) is 2.88. The van der Waals surface area contributed by atoms with E-state index in [1.165, 1.54) is 4.31 Å². The smallest absolute Gasteiger partial charge is 0.235 e. The zero-order valence-corrected chi connectivity index (χ0v) is 8.71. The number of hydrogen-bond donors (Lipinski definition) is 1. The highest BCUT2D eigenvalue weighted by atomic mass is 32.2. The maximum absolute atomic E-state index is 11.5. The average molecular weight is 212 g/mol. The Balaban J connectivity index is 2.57. The highest BCUT2D eigenvalue weighted by Gasteiger charge is 2.25. The summed E-state index contributed by atoms with van der Waals surface area (Å²) < 4.78 is 24.4. The SMILES string of the molecule is CN1c2ccc(N)cc2CCS1(=O)=O. The molecular formula is C9H12N2O2S. The molecule has 0 saturated heterocycles. The lowest BCUT2D eigenvalue weighted by atomic mass is 10.1. The molecule has 14 heavy (non-hydrogen) atoms. The Labute approximate surface area is 83.4 Å². The van der Waals surface area contributed by atoms with Crippen molar-refractivity contribution in [2.75, 3.05) is 22.8 Å². The molecule has 1 heterocycles. The standard InChI is InChI=1S/C9H12N2O2S/c1-11-9-3-2-8(10)6-7(9)4-5-14(11,12)13/h2-3,6H,4-5,10H2,1H3. The first kappa shape index (κ1) is 9.33. The number of anilines is 2. The molecule has 0 aromatic heterocycles. The number of aryl methyl sites for hydroxylation is 1. The van der Waals surface area contributed by atoms with E-state index in [1.807, 2.05) is 6.07 Å². The molecule has 0 fully saturated rings. The fourth-order valence-corrected chi connectivity index (χ4v) is 2.87. The van der Waals surface area contributed by atoms with Gasteiger partial charge in [-0.15, -0.1) is 0 Å². The quantitative estimate of drug-likeness (QED) is 0.640. The van der Waals surface area contributed by atoms with Crippen LogP contribution in [-0.4, -0.2) is 21.2 Å². The second-order valence-corrected chi connectivity index (χ2v) is 5.54. The van der Waals surface area contributed by atoms with Crippen molar-refractivity contribution in [3.8, 4) is 0 Å². The molecule has 1 aromatic carbocycles. The summed E-state index contributed by atoms with van der Waals surface area (Å²) in [7, 11) is -1.52. The molecule has 1 aliphatic heterocycles. The molecule has 0 spiro atoms. The van der Waals surface area contributed by atoms with Crippen molar-refractivity contribution in [2.45, 2.75) is 6.42 Å². The van der Waals surface area contributed by atoms with Crippen LogP contribution >= 0.6 is 0 Å². The van der Waals surface area contributed by atoms with Gasteiger partial charge in [0, 0.05) is 12.7 Å². The first-order chi connectivity index (χ1) is 6.50. The third-order valence-corrected chi connectivity index (χ3v) is 4.24. The van der Waals surface area contributed by atoms with E-state index in [9.17, 15) is 8.42 Å². The fraction of sp³-hybridized carbons (Fsp3) is 0.333. The molecule has 0 unspecified atom stereocenters. The van der Waals surface area contributed by atoms with Gasteiger partial charge < -0.3 is 5.73 Å². The molecule has 2 N–H and O–H groups in total. The van der Waals surface area contributed by atoms with E-state index < -0.39 is 10.0 Å². The number of benzene rings is 1. The maximum atomic E-state index is 11.5. The van der Waals surface area contributed by atoms with Gasteiger partial charge in [0.15, 0.2) is 0 Å². The van der Waals surface area contributed by atoms with Gasteiger partial charge in [0.05, 0.1) is 11.4 Å². The third kappa shape index (κ3) is 1.33. The van der Waals surface area contributed by atoms with Crippen LogP contribution in [0.4, 0.5) is 11.4 Å². The number of nitrogens with zero attached hydrogens (tertiary/aromatic N) is 1. The molecule has 1 aromatic rings. The van der Waals surface area contributed by atoms with Gasteiger partial charge in [-0.25, -0.2) is 8.42 Å². The summed E-state index contributed by atoms with van der Waals surface area (Å²) in [6.07, 6.45) is 0.549. The molecular weight excluding hydrogens is 200 g/mol. The number of sulfonamides is 1. The van der Waals surface area contributed by atoms with Gasteiger partial charge in [0.2, 0.25) is 10.0 Å². The Kier molecular flexibility index (Phi) is 1.92. The van der Waals surface area contributed by atoms with Gasteiger partial charge in [0.1, 0.15) is 0 Å². The van der Waals surface area contributed by atoms with Gasteiger partial charge in [-0.1, -0.05) is 0 Å². The van der Waals surface area contributed by atoms with E-state index in [-0.39, 0.29) is 5.75 Å². The van der Waals surface area contributed by atoms with E-state index in [1.54, 1.807) is 19.2 Å². The summed E-state index contributed by atoms with van der Waals surface area (Å²) in [5.41, 5.74) is 8.05. The molecule has 1 aliphatic rings. The summed E-state index contributed by atoms with van der Waals surface area (Å²) >= 11 is 0. The summed E-state index contributed by atoms with van der Waals surface area (Å²) in [6, 6.07) is 5.30. The lowest BCUT2D eigenvalue weighted by molar-refractivity contribution is 0.591. The van der Waals surface area contributed by atoms with Crippen LogP contribution in [0.5, 0.6) is 0 Å². The Morgan fingerprint density at radius 1 is 1.43 bits per heavy atom. The molecule has 0 aliphatic carbocycles. The maximum Gasteiger partial charge on any atom is 0.235 e. The fourth-order valence-electron chi connectivity index (χ4n) is 1.64. The zero-order chi connectivity index (χ0) is 10.3. The second-order valence-electron chi connectivity index (χ2n) is 3.42. The zero-order valence-electron chi connectivity index (χ0n) is 7.90. The lowest BCUT2D eigenvalue weighted by Crippen LogP contribution is -2.34. The van der Waals surface area contributed by atoms with Crippen molar-refractivity contribution in [2.24, 2.45) is 0 Å². The first-order valence-electron chi connectivity index (χ1n) is 4.36. The molecule has 0 bridgehead atoms. The minimum Gasteiger partial charge on any atom is -0.399 e. The van der Waals surface area contributed by atoms with Crippen LogP contribution in [0.2, 0.25) is 0 Å². The van der Waals surface area contributed by atoms with E-state index in [2.05, 4.69) is 0 Å². The van der Waals surface area contributed by atoms with Crippen LogP contribution in [0, 0.1) is 0 Å². The highest BCUT2D eigenvalue weighted by molar-refractivity contribution is 7.92. The topological polar surface area (TPSA) is 63.4 Å². The van der Waals surface area contributed by atoms with Crippen molar-refractivity contribution in [3.63, 3.8) is 0 Å². The lowest BCUT2D eigenvalue weighted by Gasteiger charge is -2.27. The largest absolute Gasteiger partial charge is 0.399 e. The van der Waals surface area contributed by atoms with Gasteiger partial charge >= 0.3 is 0 Å². The van der Waals surface area contributed by atoms with Crippen molar-refractivity contribution in [1.82, 2.24) is 0 Å². The third-order valence-electron chi connectivity index (χ3n) is 2.49. The summed E-state index contributed by atoms with van der Waals surface area (Å²) in [4.78, 5) is 0. The minimum atomic E-state index is -3.10. The van der Waals surface area contributed by atoms with Gasteiger partial charge in [0.25, 0.3) is 0 Å². The average Bonchev–Trinajstić information content (AvgIpc) is 2.12. The van der Waals surface area contributed by atoms with Crippen molar-refractivity contribution < 1.29 is 8.42 Å². The van der Waals surface area contributed by atoms with Gasteiger partial charge in [-0.2, -0.15) is 0 Å². The molecule has 0 radical (unpaired) electrons. The molecule has 0 amide bonds. The van der Waals surface area contributed by atoms with Crippen LogP contribution in [0.15, 0.2) is 18.2 Å². The van der Waals surface area contributed by atoms with Crippen LogP contribution in [0.1, 0.15) is 5.56 Å². The summed E-state index contributed by atoms with van der Waals surface area (Å²) in [5, 5.41) is 0. The van der Waals surface area contributed by atoms with E-state index >= 15 is 0 Å². The molecule has 0 saturated carbocycles. The molecule has 5 heteroatoms. The molecule has 4 nitrogen and oxygen atoms in total. The molecule has 2 rings (SSSR count). The van der Waals surface area contributed by atoms with Crippen LogP contribution in [0.3, 0.4) is 0 Å². The van der Waals surface area contributed by atoms with Gasteiger partial charge in [-0.05, 0) is 30.2 Å². The predicted molar refractivity (Wildman–Crippen MR) is 56.7 cm³/mol. The van der Waals surface area contributed by atoms with Crippen LogP contribution in [0.25, 0.3) is 0 Å². The van der Waals surface area contributed by atoms with Gasteiger partial charge in [-0.3, -0.25) is 4.31 Å². The van der Waals surface area contributed by atoms with Crippen LogP contribution < -0.4 is 10.0 Å². The summed E-state index contributed by atoms with van der Waals surface area (Å²) in [5.74, 6) is 0.167. The van der Waals surface area contributed by atoms with E-state index in [0.29, 0.717) is 12.1 Å². The Hall–Kier alpha value is -1.23. The number of fused-ring (bicyclic) bond motifs is 1. The number of rotatable bonds is 0. The first-order valence-corrected chi connectivity index (χ1v) is 5.96. The predicted octanol–water partition coefficient (Wildman–Crippen LogP) is 0.591. The minimum absolute atomic E-state index is 0.167. The number of nitrogens with two attached hydrogens (primary N) is 1. The van der Waals surface area contributed by atoms with E-state index in [4.69, 9.17) is 5.73 Å². The normalized spacial score (nSPS) is 19.1. The highest BCUT2D eigenvalue weighted by Crippen LogP contribution is 2.29. The Bertz CT molecular complexity index is 468. The van der Waals surface area contributed by atoms with Crippen molar-refractivity contribution in [1.29, 1.82) is 0 Å². The van der Waals surface area contributed by atoms with Crippen molar-refractivity contribution >= 4 is 21.4 Å². The Morgan fingerprint density at radius 3 is 2.86 bits per heavy atom. The number of hydrogen-bond acceptors (Lipinski definition) is 3. The summed E-state index contributed by atoms with van der Waals surface area (Å²) in [6.45, 7) is 0. The monoisotopic (exact) mass is 212 g/mol. The van der Waals surface area contributed by atoms with Crippen molar-refractivity contribution in [3.05, 3.63) is 23.8 Å². The van der Waals surface area contributed by atoms with Crippen LogP contribution in [-0.2, 0) is 16.4 Å². The van der Waals surface area contributed by atoms with E-state index in [0.717, 1.165) is 11.3 Å². The molecule has 76 valence electrons. The number of nitrogen functional groups attached to an aromatic ring is 1. The Morgan fingerprint density at radius 2 is 2.14 bits per heavy atom.